The first-order valence-electron chi connectivity index (χ1n) is 6.74. The van der Waals surface area contributed by atoms with Crippen LogP contribution in [0, 0.1) is 11.3 Å². The number of benzene rings is 1. The van der Waals surface area contributed by atoms with E-state index in [4.69, 9.17) is 21.6 Å². The maximum Gasteiger partial charge on any atom is 0.255 e. The van der Waals surface area contributed by atoms with E-state index in [-0.39, 0.29) is 5.91 Å². The maximum absolute atomic E-state index is 12.5. The van der Waals surface area contributed by atoms with Crippen molar-refractivity contribution < 1.29 is 9.53 Å². The normalized spacial score (nSPS) is 19.2. The van der Waals surface area contributed by atoms with E-state index in [0.717, 1.165) is 0 Å². The molecule has 2 heterocycles. The molecule has 1 unspecified atom stereocenters. The Morgan fingerprint density at radius 1 is 1.41 bits per heavy atom. The summed E-state index contributed by atoms with van der Waals surface area (Å²) in [4.78, 5) is 15.2. The fraction of sp³-hybridized carbons (Fsp3) is 0.188. The number of alkyl halides is 1. The molecule has 0 spiro atoms. The zero-order valence-electron chi connectivity index (χ0n) is 11.8. The van der Waals surface area contributed by atoms with Crippen molar-refractivity contribution in [3.05, 3.63) is 53.2 Å². The van der Waals surface area contributed by atoms with Crippen molar-refractivity contribution in [2.24, 2.45) is 0 Å². The SMILES string of the molecule is CCOc1ncccc1C1(Cl)C(=O)Nc2ccc(C#N)cc21. The van der Waals surface area contributed by atoms with Crippen LogP contribution in [0.2, 0.25) is 0 Å². The van der Waals surface area contributed by atoms with E-state index in [1.807, 2.05) is 6.92 Å². The van der Waals surface area contributed by atoms with Gasteiger partial charge in [0.2, 0.25) is 5.88 Å². The molecule has 0 fully saturated rings. The summed E-state index contributed by atoms with van der Waals surface area (Å²) in [6, 6.07) is 10.4. The maximum atomic E-state index is 12.5. The average Bonchev–Trinajstić information content (AvgIpc) is 2.80. The molecular formula is C16H12ClN3O2. The van der Waals surface area contributed by atoms with Crippen LogP contribution in [0.4, 0.5) is 5.69 Å². The lowest BCUT2D eigenvalue weighted by Crippen LogP contribution is -2.30. The Bertz CT molecular complexity index is 800. The molecule has 6 heteroatoms. The van der Waals surface area contributed by atoms with E-state index in [2.05, 4.69) is 16.4 Å². The van der Waals surface area contributed by atoms with Crippen molar-refractivity contribution in [2.75, 3.05) is 11.9 Å². The van der Waals surface area contributed by atoms with Crippen LogP contribution in [0.1, 0.15) is 23.6 Å². The number of carbonyl (C=O) groups is 1. The lowest BCUT2D eigenvalue weighted by Gasteiger charge is -2.22. The lowest BCUT2D eigenvalue weighted by atomic mass is 9.91. The summed E-state index contributed by atoms with van der Waals surface area (Å²) in [5.41, 5.74) is 2.02. The van der Waals surface area contributed by atoms with Crippen LogP contribution >= 0.6 is 11.6 Å². The molecule has 1 aliphatic heterocycles. The number of nitrogens with one attached hydrogen (secondary N) is 1. The Kier molecular flexibility index (Phi) is 3.47. The van der Waals surface area contributed by atoms with Crippen molar-refractivity contribution in [2.45, 2.75) is 11.8 Å². The predicted octanol–water partition coefficient (Wildman–Crippen LogP) is 2.79. The van der Waals surface area contributed by atoms with Crippen LogP contribution < -0.4 is 10.1 Å². The zero-order valence-corrected chi connectivity index (χ0v) is 12.5. The Morgan fingerprint density at radius 3 is 2.95 bits per heavy atom. The third-order valence-electron chi connectivity index (χ3n) is 3.50. The van der Waals surface area contributed by atoms with Gasteiger partial charge in [0, 0.05) is 23.0 Å². The standard InChI is InChI=1S/C16H12ClN3O2/c1-2-22-14-11(4-3-7-19-14)16(17)12-8-10(9-18)5-6-13(12)20-15(16)21/h3-8H,2H2,1H3,(H,20,21). The number of hydrogen-bond donors (Lipinski definition) is 1. The van der Waals surface area contributed by atoms with E-state index in [0.29, 0.717) is 34.9 Å². The summed E-state index contributed by atoms with van der Waals surface area (Å²) in [5.74, 6) is -0.0708. The first-order chi connectivity index (χ1) is 10.6. The number of nitrogens with zero attached hydrogens (tertiary/aromatic N) is 2. The van der Waals surface area contributed by atoms with Gasteiger partial charge < -0.3 is 10.1 Å². The monoisotopic (exact) mass is 313 g/mol. The van der Waals surface area contributed by atoms with Gasteiger partial charge in [-0.25, -0.2) is 4.98 Å². The van der Waals surface area contributed by atoms with E-state index in [1.54, 1.807) is 36.5 Å². The molecular weight excluding hydrogens is 302 g/mol. The quantitative estimate of drug-likeness (QED) is 0.884. The number of hydrogen-bond acceptors (Lipinski definition) is 4. The summed E-state index contributed by atoms with van der Waals surface area (Å²) in [7, 11) is 0. The van der Waals surface area contributed by atoms with E-state index >= 15 is 0 Å². The van der Waals surface area contributed by atoms with E-state index < -0.39 is 4.87 Å². The van der Waals surface area contributed by atoms with Crippen molar-refractivity contribution >= 4 is 23.2 Å². The van der Waals surface area contributed by atoms with Crippen LogP contribution in [-0.4, -0.2) is 17.5 Å². The van der Waals surface area contributed by atoms with Gasteiger partial charge in [0.05, 0.1) is 18.2 Å². The molecule has 1 aliphatic rings. The third-order valence-corrected chi connectivity index (χ3v) is 4.08. The molecule has 0 aliphatic carbocycles. The second-order valence-electron chi connectivity index (χ2n) is 4.77. The number of nitriles is 1. The summed E-state index contributed by atoms with van der Waals surface area (Å²) in [5, 5.41) is 11.8. The Hall–Kier alpha value is -2.58. The van der Waals surface area contributed by atoms with Gasteiger partial charge in [-0.05, 0) is 37.3 Å². The number of anilines is 1. The lowest BCUT2D eigenvalue weighted by molar-refractivity contribution is -0.117. The minimum absolute atomic E-state index is 0.311. The molecule has 1 N–H and O–H groups in total. The van der Waals surface area contributed by atoms with Crippen LogP contribution in [0.3, 0.4) is 0 Å². The van der Waals surface area contributed by atoms with Gasteiger partial charge in [-0.2, -0.15) is 5.26 Å². The largest absolute Gasteiger partial charge is 0.478 e. The zero-order chi connectivity index (χ0) is 15.7. The topological polar surface area (TPSA) is 75.0 Å². The molecule has 0 saturated heterocycles. The first-order valence-corrected chi connectivity index (χ1v) is 7.12. The molecule has 0 radical (unpaired) electrons. The molecule has 0 saturated carbocycles. The van der Waals surface area contributed by atoms with Gasteiger partial charge in [-0.3, -0.25) is 4.79 Å². The Morgan fingerprint density at radius 2 is 2.23 bits per heavy atom. The first kappa shape index (κ1) is 14.4. The molecule has 110 valence electrons. The van der Waals surface area contributed by atoms with Crippen LogP contribution in [0.15, 0.2) is 36.5 Å². The number of carbonyl (C=O) groups excluding carboxylic acids is 1. The molecule has 5 nitrogen and oxygen atoms in total. The van der Waals surface area contributed by atoms with Gasteiger partial charge in [0.1, 0.15) is 0 Å². The number of ether oxygens (including phenoxy) is 1. The average molecular weight is 314 g/mol. The minimum atomic E-state index is -1.46. The van der Waals surface area contributed by atoms with E-state index in [9.17, 15) is 4.79 Å². The van der Waals surface area contributed by atoms with Crippen LogP contribution in [-0.2, 0) is 9.67 Å². The summed E-state index contributed by atoms with van der Waals surface area (Å²) in [6.07, 6.45) is 1.58. The Labute approximate surface area is 132 Å². The van der Waals surface area contributed by atoms with Gasteiger partial charge in [0.15, 0.2) is 4.87 Å². The molecule has 3 rings (SSSR count). The number of amides is 1. The molecule has 1 amide bonds. The highest BCUT2D eigenvalue weighted by Gasteiger charge is 2.49. The molecule has 1 atom stereocenters. The van der Waals surface area contributed by atoms with Gasteiger partial charge in [-0.15, -0.1) is 0 Å². The van der Waals surface area contributed by atoms with Gasteiger partial charge in [0.25, 0.3) is 5.91 Å². The fourth-order valence-electron chi connectivity index (χ4n) is 2.51. The highest BCUT2D eigenvalue weighted by molar-refractivity contribution is 6.41. The van der Waals surface area contributed by atoms with Crippen molar-refractivity contribution in [1.29, 1.82) is 5.26 Å². The summed E-state index contributed by atoms with van der Waals surface area (Å²) < 4.78 is 5.49. The number of rotatable bonds is 3. The smallest absolute Gasteiger partial charge is 0.255 e. The number of fused-ring (bicyclic) bond motifs is 1. The highest BCUT2D eigenvalue weighted by atomic mass is 35.5. The number of halogens is 1. The molecule has 1 aromatic heterocycles. The third kappa shape index (κ3) is 2.00. The van der Waals surface area contributed by atoms with Crippen LogP contribution in [0.25, 0.3) is 0 Å². The van der Waals surface area contributed by atoms with Gasteiger partial charge >= 0.3 is 0 Å². The van der Waals surface area contributed by atoms with Crippen molar-refractivity contribution in [3.8, 4) is 11.9 Å². The second kappa shape index (κ2) is 5.32. The summed E-state index contributed by atoms with van der Waals surface area (Å²) >= 11 is 6.71. The number of pyridine rings is 1. The van der Waals surface area contributed by atoms with Crippen LogP contribution in [0.5, 0.6) is 5.88 Å². The fourth-order valence-corrected chi connectivity index (χ4v) is 2.86. The summed E-state index contributed by atoms with van der Waals surface area (Å²) in [6.45, 7) is 2.24. The van der Waals surface area contributed by atoms with Crippen molar-refractivity contribution in [1.82, 2.24) is 4.98 Å². The molecule has 2 aromatic rings. The molecule has 22 heavy (non-hydrogen) atoms. The molecule has 0 bridgehead atoms. The van der Waals surface area contributed by atoms with Crippen molar-refractivity contribution in [3.63, 3.8) is 0 Å². The van der Waals surface area contributed by atoms with Gasteiger partial charge in [-0.1, -0.05) is 11.6 Å². The molecule has 1 aromatic carbocycles. The second-order valence-corrected chi connectivity index (χ2v) is 5.34. The predicted molar refractivity (Wildman–Crippen MR) is 81.8 cm³/mol. The highest BCUT2D eigenvalue weighted by Crippen LogP contribution is 2.48. The Balaban J connectivity index is 2.23. The minimum Gasteiger partial charge on any atom is -0.478 e. The van der Waals surface area contributed by atoms with E-state index in [1.165, 1.54) is 0 Å². The number of aromatic nitrogens is 1.